The van der Waals surface area contributed by atoms with Gasteiger partial charge in [-0.15, -0.1) is 0 Å². The molecular formula is C17H33N3O. The van der Waals surface area contributed by atoms with E-state index in [4.69, 9.17) is 9.73 Å². The molecular weight excluding hydrogens is 262 g/mol. The molecule has 0 amide bonds. The van der Waals surface area contributed by atoms with Crippen molar-refractivity contribution in [3.05, 3.63) is 0 Å². The first kappa shape index (κ1) is 16.6. The summed E-state index contributed by atoms with van der Waals surface area (Å²) < 4.78 is 5.30. The molecule has 0 aromatic rings. The van der Waals surface area contributed by atoms with Crippen molar-refractivity contribution in [2.75, 3.05) is 33.4 Å². The highest BCUT2D eigenvalue weighted by molar-refractivity contribution is 5.79. The van der Waals surface area contributed by atoms with Crippen LogP contribution in [0.1, 0.15) is 58.3 Å². The van der Waals surface area contributed by atoms with Crippen molar-refractivity contribution in [2.45, 2.75) is 58.3 Å². The molecule has 0 spiro atoms. The smallest absolute Gasteiger partial charge is 0.191 e. The van der Waals surface area contributed by atoms with Crippen LogP contribution >= 0.6 is 0 Å². The SMILES string of the molecule is CCNC(=NCC1(CCOC)CCCC1)NCCC1CC1. The molecule has 2 fully saturated rings. The molecule has 0 saturated heterocycles. The Bertz CT molecular complexity index is 320. The minimum absolute atomic E-state index is 0.384. The van der Waals surface area contributed by atoms with Gasteiger partial charge >= 0.3 is 0 Å². The van der Waals surface area contributed by atoms with Crippen LogP contribution < -0.4 is 10.6 Å². The lowest BCUT2D eigenvalue weighted by Gasteiger charge is -2.27. The first-order chi connectivity index (χ1) is 10.3. The van der Waals surface area contributed by atoms with E-state index >= 15 is 0 Å². The van der Waals surface area contributed by atoms with E-state index in [-0.39, 0.29) is 0 Å². The summed E-state index contributed by atoms with van der Waals surface area (Å²) in [6, 6.07) is 0. The van der Waals surface area contributed by atoms with Crippen molar-refractivity contribution in [1.29, 1.82) is 0 Å². The molecule has 0 aromatic heterocycles. The maximum absolute atomic E-state index is 5.30. The Labute approximate surface area is 130 Å². The number of guanidine groups is 1. The first-order valence-electron chi connectivity index (χ1n) is 8.79. The number of rotatable bonds is 9. The summed E-state index contributed by atoms with van der Waals surface area (Å²) in [5, 5.41) is 6.88. The van der Waals surface area contributed by atoms with E-state index in [9.17, 15) is 0 Å². The van der Waals surface area contributed by atoms with Crippen LogP contribution in [-0.2, 0) is 4.74 Å². The molecule has 0 bridgehead atoms. The summed E-state index contributed by atoms with van der Waals surface area (Å²) in [6.07, 6.45) is 10.6. The zero-order valence-electron chi connectivity index (χ0n) is 13.9. The van der Waals surface area contributed by atoms with Crippen molar-refractivity contribution in [3.63, 3.8) is 0 Å². The van der Waals surface area contributed by atoms with Gasteiger partial charge in [0.2, 0.25) is 0 Å². The molecule has 4 nitrogen and oxygen atoms in total. The van der Waals surface area contributed by atoms with Crippen LogP contribution in [0.15, 0.2) is 4.99 Å². The molecule has 2 rings (SSSR count). The van der Waals surface area contributed by atoms with E-state index in [1.54, 1.807) is 7.11 Å². The Morgan fingerprint density at radius 1 is 1.24 bits per heavy atom. The van der Waals surface area contributed by atoms with Gasteiger partial charge in [0.25, 0.3) is 0 Å². The number of nitrogens with one attached hydrogen (secondary N) is 2. The molecule has 2 N–H and O–H groups in total. The van der Waals surface area contributed by atoms with E-state index in [2.05, 4.69) is 17.6 Å². The number of aliphatic imine (C=N–C) groups is 1. The van der Waals surface area contributed by atoms with Gasteiger partial charge < -0.3 is 15.4 Å². The lowest BCUT2D eigenvalue weighted by molar-refractivity contribution is 0.141. The van der Waals surface area contributed by atoms with Crippen molar-refractivity contribution in [1.82, 2.24) is 10.6 Å². The lowest BCUT2D eigenvalue weighted by atomic mass is 9.83. The Morgan fingerprint density at radius 3 is 2.62 bits per heavy atom. The van der Waals surface area contributed by atoms with Crippen LogP contribution in [0.25, 0.3) is 0 Å². The summed E-state index contributed by atoms with van der Waals surface area (Å²) in [4.78, 5) is 4.88. The highest BCUT2D eigenvalue weighted by Gasteiger charge is 2.33. The molecule has 2 aliphatic rings. The summed E-state index contributed by atoms with van der Waals surface area (Å²) in [7, 11) is 1.80. The maximum atomic E-state index is 5.30. The van der Waals surface area contributed by atoms with E-state index in [0.29, 0.717) is 5.41 Å². The van der Waals surface area contributed by atoms with Crippen LogP contribution in [0.2, 0.25) is 0 Å². The zero-order chi connectivity index (χ0) is 15.0. The van der Waals surface area contributed by atoms with Gasteiger partial charge in [-0.3, -0.25) is 4.99 Å². The maximum Gasteiger partial charge on any atom is 0.191 e. The van der Waals surface area contributed by atoms with Crippen molar-refractivity contribution in [3.8, 4) is 0 Å². The second-order valence-electron chi connectivity index (χ2n) is 6.80. The third kappa shape index (κ3) is 5.85. The highest BCUT2D eigenvalue weighted by Crippen LogP contribution is 2.41. The van der Waals surface area contributed by atoms with Crippen molar-refractivity contribution < 1.29 is 4.74 Å². The molecule has 0 aromatic carbocycles. The lowest BCUT2D eigenvalue weighted by Crippen LogP contribution is -2.39. The minimum Gasteiger partial charge on any atom is -0.385 e. The quantitative estimate of drug-likeness (QED) is 0.508. The summed E-state index contributed by atoms with van der Waals surface area (Å²) in [6.45, 7) is 5.92. The number of ether oxygens (including phenoxy) is 1. The molecule has 0 atom stereocenters. The monoisotopic (exact) mass is 295 g/mol. The van der Waals surface area contributed by atoms with Crippen LogP contribution in [0.3, 0.4) is 0 Å². The molecule has 2 saturated carbocycles. The van der Waals surface area contributed by atoms with Gasteiger partial charge in [0.05, 0.1) is 0 Å². The van der Waals surface area contributed by atoms with Crippen LogP contribution in [0, 0.1) is 11.3 Å². The van der Waals surface area contributed by atoms with E-state index in [1.165, 1.54) is 44.9 Å². The molecule has 122 valence electrons. The fourth-order valence-corrected chi connectivity index (χ4v) is 3.32. The average Bonchev–Trinajstić information content (AvgIpc) is 3.20. The summed E-state index contributed by atoms with van der Waals surface area (Å²) in [5.41, 5.74) is 0.384. The normalized spacial score (nSPS) is 21.5. The van der Waals surface area contributed by atoms with Gasteiger partial charge in [-0.1, -0.05) is 25.7 Å². The topological polar surface area (TPSA) is 45.7 Å². The molecule has 0 heterocycles. The van der Waals surface area contributed by atoms with E-state index in [1.807, 2.05) is 0 Å². The molecule has 2 aliphatic carbocycles. The second-order valence-corrected chi connectivity index (χ2v) is 6.80. The van der Waals surface area contributed by atoms with Crippen LogP contribution in [-0.4, -0.2) is 39.3 Å². The Balaban J connectivity index is 1.82. The molecule has 4 heteroatoms. The third-order valence-electron chi connectivity index (χ3n) is 4.96. The predicted molar refractivity (Wildman–Crippen MR) is 88.7 cm³/mol. The Hall–Kier alpha value is -0.770. The molecule has 0 aliphatic heterocycles. The van der Waals surface area contributed by atoms with Gasteiger partial charge in [0, 0.05) is 33.4 Å². The number of methoxy groups -OCH3 is 1. The number of hydrogen-bond donors (Lipinski definition) is 2. The fraction of sp³-hybridized carbons (Fsp3) is 0.941. The zero-order valence-corrected chi connectivity index (χ0v) is 13.9. The predicted octanol–water partition coefficient (Wildman–Crippen LogP) is 2.94. The van der Waals surface area contributed by atoms with Crippen LogP contribution in [0.4, 0.5) is 0 Å². The number of hydrogen-bond acceptors (Lipinski definition) is 2. The molecule has 0 radical (unpaired) electrons. The second kappa shape index (κ2) is 8.62. The van der Waals surface area contributed by atoms with E-state index in [0.717, 1.165) is 44.5 Å². The van der Waals surface area contributed by atoms with Gasteiger partial charge in [0.1, 0.15) is 0 Å². The fourth-order valence-electron chi connectivity index (χ4n) is 3.32. The Morgan fingerprint density at radius 2 is 2.00 bits per heavy atom. The van der Waals surface area contributed by atoms with Crippen LogP contribution in [0.5, 0.6) is 0 Å². The van der Waals surface area contributed by atoms with Crippen molar-refractivity contribution >= 4 is 5.96 Å². The first-order valence-corrected chi connectivity index (χ1v) is 8.79. The third-order valence-corrected chi connectivity index (χ3v) is 4.96. The van der Waals surface area contributed by atoms with E-state index < -0.39 is 0 Å². The average molecular weight is 295 g/mol. The largest absolute Gasteiger partial charge is 0.385 e. The highest BCUT2D eigenvalue weighted by atomic mass is 16.5. The van der Waals surface area contributed by atoms with Gasteiger partial charge in [-0.2, -0.15) is 0 Å². The molecule has 21 heavy (non-hydrogen) atoms. The van der Waals surface area contributed by atoms with Gasteiger partial charge in [-0.25, -0.2) is 0 Å². The molecule has 0 unspecified atom stereocenters. The Kier molecular flexibility index (Phi) is 6.81. The van der Waals surface area contributed by atoms with Gasteiger partial charge in [-0.05, 0) is 43.9 Å². The standard InChI is InChI=1S/C17H33N3O/c1-3-18-16(19-12-8-15-6-7-15)20-14-17(11-13-21-2)9-4-5-10-17/h15H,3-14H2,1-2H3,(H2,18,19,20). The number of nitrogens with zero attached hydrogens (tertiary/aromatic N) is 1. The van der Waals surface area contributed by atoms with Gasteiger partial charge in [0.15, 0.2) is 5.96 Å². The van der Waals surface area contributed by atoms with Crippen molar-refractivity contribution in [2.24, 2.45) is 16.3 Å². The summed E-state index contributed by atoms with van der Waals surface area (Å²) in [5.74, 6) is 1.98. The minimum atomic E-state index is 0.384. The summed E-state index contributed by atoms with van der Waals surface area (Å²) >= 11 is 0.